The van der Waals surface area contributed by atoms with Crippen molar-refractivity contribution in [1.29, 1.82) is 0 Å². The second kappa shape index (κ2) is 9.16. The lowest BCUT2D eigenvalue weighted by molar-refractivity contribution is -0.121. The molecule has 0 spiro atoms. The Balaban J connectivity index is 1.57. The average Bonchev–Trinajstić information content (AvgIpc) is 2.51. The van der Waals surface area contributed by atoms with Crippen LogP contribution in [0.3, 0.4) is 0 Å². The van der Waals surface area contributed by atoms with Crippen LogP contribution in [0.1, 0.15) is 44.6 Å². The number of likely N-dealkylation sites (tertiary alicyclic amines) is 1. The van der Waals surface area contributed by atoms with Crippen molar-refractivity contribution in [2.24, 2.45) is 0 Å². The number of hydrogen-bond acceptors (Lipinski definition) is 2. The number of rotatable bonds is 7. The molecule has 0 saturated carbocycles. The second-order valence-electron chi connectivity index (χ2n) is 6.21. The Kier molecular flexibility index (Phi) is 7.20. The van der Waals surface area contributed by atoms with Crippen molar-refractivity contribution in [3.05, 3.63) is 34.9 Å². The molecule has 1 amide bonds. The van der Waals surface area contributed by atoms with Crippen LogP contribution in [-0.4, -0.2) is 36.5 Å². The monoisotopic (exact) mass is 322 g/mol. The molecule has 1 saturated heterocycles. The molecule has 1 fully saturated rings. The first-order chi connectivity index (χ1) is 10.6. The van der Waals surface area contributed by atoms with Gasteiger partial charge in [-0.3, -0.25) is 4.79 Å². The summed E-state index contributed by atoms with van der Waals surface area (Å²) in [6, 6.07) is 8.42. The van der Waals surface area contributed by atoms with Gasteiger partial charge in [0.05, 0.1) is 0 Å². The smallest absolute Gasteiger partial charge is 0.220 e. The van der Waals surface area contributed by atoms with Crippen LogP contribution in [0.2, 0.25) is 5.02 Å². The number of benzene rings is 1. The van der Waals surface area contributed by atoms with E-state index in [0.717, 1.165) is 36.5 Å². The molecule has 2 rings (SSSR count). The zero-order valence-corrected chi connectivity index (χ0v) is 14.2. The Morgan fingerprint density at radius 1 is 1.41 bits per heavy atom. The number of nitrogens with zero attached hydrogens (tertiary/aromatic N) is 1. The van der Waals surface area contributed by atoms with Gasteiger partial charge >= 0.3 is 0 Å². The third-order valence-electron chi connectivity index (χ3n) is 4.41. The van der Waals surface area contributed by atoms with Crippen molar-refractivity contribution in [3.63, 3.8) is 0 Å². The molecule has 1 N–H and O–H groups in total. The van der Waals surface area contributed by atoms with Gasteiger partial charge in [0.15, 0.2) is 0 Å². The highest BCUT2D eigenvalue weighted by Gasteiger charge is 2.17. The number of carbonyl (C=O) groups excluding carboxylic acids is 1. The largest absolute Gasteiger partial charge is 0.356 e. The van der Waals surface area contributed by atoms with E-state index in [1.54, 1.807) is 0 Å². The van der Waals surface area contributed by atoms with Crippen LogP contribution in [0.4, 0.5) is 0 Å². The van der Waals surface area contributed by atoms with Gasteiger partial charge in [0, 0.05) is 30.6 Å². The Bertz CT molecular complexity index is 478. The lowest BCUT2D eigenvalue weighted by Crippen LogP contribution is -2.39. The molecular formula is C18H27ClN2O. The zero-order chi connectivity index (χ0) is 15.8. The van der Waals surface area contributed by atoms with Crippen molar-refractivity contribution in [2.45, 2.75) is 51.5 Å². The summed E-state index contributed by atoms with van der Waals surface area (Å²) < 4.78 is 0. The maximum absolute atomic E-state index is 11.9. The predicted octanol–water partition coefficient (Wildman–Crippen LogP) is 3.65. The SMILES string of the molecule is CC1CCCCN1CCCNC(=O)CCc1cccc(Cl)c1. The minimum atomic E-state index is 0.131. The molecule has 1 aliphatic heterocycles. The second-order valence-corrected chi connectivity index (χ2v) is 6.65. The lowest BCUT2D eigenvalue weighted by atomic mass is 10.0. The molecule has 1 heterocycles. The maximum atomic E-state index is 11.9. The van der Waals surface area contributed by atoms with Crippen LogP contribution in [-0.2, 0) is 11.2 Å². The van der Waals surface area contributed by atoms with Crippen molar-refractivity contribution >= 4 is 17.5 Å². The van der Waals surface area contributed by atoms with Crippen molar-refractivity contribution in [3.8, 4) is 0 Å². The maximum Gasteiger partial charge on any atom is 0.220 e. The van der Waals surface area contributed by atoms with Gasteiger partial charge in [-0.25, -0.2) is 0 Å². The molecule has 22 heavy (non-hydrogen) atoms. The van der Waals surface area contributed by atoms with E-state index < -0.39 is 0 Å². The van der Waals surface area contributed by atoms with Crippen molar-refractivity contribution in [1.82, 2.24) is 10.2 Å². The summed E-state index contributed by atoms with van der Waals surface area (Å²) in [6.07, 6.45) is 6.30. The van der Waals surface area contributed by atoms with E-state index in [1.165, 1.54) is 25.8 Å². The molecule has 122 valence electrons. The van der Waals surface area contributed by atoms with Gasteiger partial charge in [0.1, 0.15) is 0 Å². The van der Waals surface area contributed by atoms with E-state index in [1.807, 2.05) is 24.3 Å². The minimum absolute atomic E-state index is 0.131. The van der Waals surface area contributed by atoms with E-state index in [-0.39, 0.29) is 5.91 Å². The first kappa shape index (κ1) is 17.3. The standard InChI is InChI=1S/C18H27ClN2O/c1-15-6-2-3-12-21(15)13-5-11-20-18(22)10-9-16-7-4-8-17(19)14-16/h4,7-8,14-15H,2-3,5-6,9-13H2,1H3,(H,20,22). The summed E-state index contributed by atoms with van der Waals surface area (Å²) in [5.41, 5.74) is 1.12. The van der Waals surface area contributed by atoms with Gasteiger partial charge in [0.25, 0.3) is 0 Å². The first-order valence-electron chi connectivity index (χ1n) is 8.40. The fraction of sp³-hybridized carbons (Fsp3) is 0.611. The van der Waals surface area contributed by atoms with Crippen LogP contribution >= 0.6 is 11.6 Å². The van der Waals surface area contributed by atoms with Gasteiger partial charge in [-0.1, -0.05) is 30.2 Å². The Labute approximate surface area is 139 Å². The quantitative estimate of drug-likeness (QED) is 0.777. The van der Waals surface area contributed by atoms with E-state index in [4.69, 9.17) is 11.6 Å². The normalized spacial score (nSPS) is 19.1. The highest BCUT2D eigenvalue weighted by molar-refractivity contribution is 6.30. The van der Waals surface area contributed by atoms with Gasteiger partial charge in [-0.2, -0.15) is 0 Å². The molecule has 0 aromatic heterocycles. The number of carbonyl (C=O) groups is 1. The fourth-order valence-electron chi connectivity index (χ4n) is 3.04. The molecule has 3 nitrogen and oxygen atoms in total. The van der Waals surface area contributed by atoms with E-state index in [9.17, 15) is 4.79 Å². The molecule has 4 heteroatoms. The third-order valence-corrected chi connectivity index (χ3v) is 4.65. The summed E-state index contributed by atoms with van der Waals surface area (Å²) in [5, 5.41) is 3.75. The summed E-state index contributed by atoms with van der Waals surface area (Å²) in [6.45, 7) is 5.39. The van der Waals surface area contributed by atoms with Crippen LogP contribution < -0.4 is 5.32 Å². The van der Waals surface area contributed by atoms with Crippen molar-refractivity contribution in [2.75, 3.05) is 19.6 Å². The highest BCUT2D eigenvalue weighted by atomic mass is 35.5. The number of amides is 1. The van der Waals surface area contributed by atoms with Crippen LogP contribution in [0.25, 0.3) is 0 Å². The molecule has 1 atom stereocenters. The van der Waals surface area contributed by atoms with E-state index >= 15 is 0 Å². The highest BCUT2D eigenvalue weighted by Crippen LogP contribution is 2.16. The van der Waals surface area contributed by atoms with Crippen LogP contribution in [0.15, 0.2) is 24.3 Å². The van der Waals surface area contributed by atoms with E-state index in [0.29, 0.717) is 12.5 Å². The number of nitrogens with one attached hydrogen (secondary N) is 1. The van der Waals surface area contributed by atoms with Gasteiger partial charge in [-0.05, 0) is 56.8 Å². The molecule has 1 unspecified atom stereocenters. The zero-order valence-electron chi connectivity index (χ0n) is 13.5. The molecular weight excluding hydrogens is 296 g/mol. The number of hydrogen-bond donors (Lipinski definition) is 1. The fourth-order valence-corrected chi connectivity index (χ4v) is 3.25. The summed E-state index contributed by atoms with van der Waals surface area (Å²) in [4.78, 5) is 14.4. The summed E-state index contributed by atoms with van der Waals surface area (Å²) in [7, 11) is 0. The topological polar surface area (TPSA) is 32.3 Å². The number of halogens is 1. The molecule has 1 aromatic rings. The molecule has 1 aromatic carbocycles. The van der Waals surface area contributed by atoms with Gasteiger partial charge < -0.3 is 10.2 Å². The van der Waals surface area contributed by atoms with Gasteiger partial charge in [-0.15, -0.1) is 0 Å². The summed E-state index contributed by atoms with van der Waals surface area (Å²) in [5.74, 6) is 0.131. The number of aryl methyl sites for hydroxylation is 1. The Hall–Kier alpha value is -1.06. The third kappa shape index (κ3) is 5.98. The van der Waals surface area contributed by atoms with Crippen molar-refractivity contribution < 1.29 is 4.79 Å². The molecule has 1 aliphatic rings. The molecule has 0 bridgehead atoms. The first-order valence-corrected chi connectivity index (χ1v) is 8.78. The van der Waals surface area contributed by atoms with Crippen LogP contribution in [0, 0.1) is 0 Å². The summed E-state index contributed by atoms with van der Waals surface area (Å²) >= 11 is 5.94. The number of piperidine rings is 1. The Morgan fingerprint density at radius 2 is 2.27 bits per heavy atom. The van der Waals surface area contributed by atoms with Crippen LogP contribution in [0.5, 0.6) is 0 Å². The lowest BCUT2D eigenvalue weighted by Gasteiger charge is -2.33. The Morgan fingerprint density at radius 3 is 3.05 bits per heavy atom. The predicted molar refractivity (Wildman–Crippen MR) is 92.3 cm³/mol. The molecule has 0 radical (unpaired) electrons. The average molecular weight is 323 g/mol. The van der Waals surface area contributed by atoms with E-state index in [2.05, 4.69) is 17.1 Å². The minimum Gasteiger partial charge on any atom is -0.356 e. The van der Waals surface area contributed by atoms with Gasteiger partial charge in [0.2, 0.25) is 5.91 Å². The molecule has 0 aliphatic carbocycles.